The average molecular weight is 383 g/mol. The first-order valence-electron chi connectivity index (χ1n) is 7.84. The Morgan fingerprint density at radius 2 is 1.96 bits per heavy atom. The van der Waals surface area contributed by atoms with Crippen molar-refractivity contribution >= 4 is 28.8 Å². The molecule has 2 aromatic carbocycles. The van der Waals surface area contributed by atoms with Crippen LogP contribution in [0, 0.1) is 11.3 Å². The smallest absolute Gasteiger partial charge is 0.138 e. The monoisotopic (exact) mass is 382 g/mol. The van der Waals surface area contributed by atoms with Gasteiger partial charge in [0.2, 0.25) is 0 Å². The number of nitriles is 1. The Labute approximate surface area is 160 Å². The normalized spacial score (nSPS) is 16.0. The predicted octanol–water partition coefficient (Wildman–Crippen LogP) is 4.95. The molecular weight excluding hydrogens is 371 g/mol. The Morgan fingerprint density at radius 1 is 1.15 bits per heavy atom. The summed E-state index contributed by atoms with van der Waals surface area (Å²) in [5.41, 5.74) is 4.07. The van der Waals surface area contributed by atoms with Crippen LogP contribution in [0.25, 0.3) is 11.3 Å². The van der Waals surface area contributed by atoms with Crippen molar-refractivity contribution in [1.82, 2.24) is 14.8 Å². The van der Waals surface area contributed by atoms with E-state index in [0.717, 1.165) is 16.7 Å². The molecule has 7 heteroatoms. The molecule has 128 valence electrons. The van der Waals surface area contributed by atoms with Crippen molar-refractivity contribution in [2.75, 3.05) is 0 Å². The minimum atomic E-state index is -0.151. The summed E-state index contributed by atoms with van der Waals surface area (Å²) in [5, 5.41) is 14.7. The van der Waals surface area contributed by atoms with Gasteiger partial charge >= 0.3 is 0 Å². The van der Waals surface area contributed by atoms with Crippen molar-refractivity contribution in [3.63, 3.8) is 0 Å². The number of halogens is 2. The second-order valence-corrected chi connectivity index (χ2v) is 6.73. The largest absolute Gasteiger partial charge is 0.493 e. The molecule has 2 heterocycles. The van der Waals surface area contributed by atoms with E-state index >= 15 is 0 Å². The summed E-state index contributed by atoms with van der Waals surface area (Å²) < 4.78 is 7.37. The SMILES string of the molecule is N#Cc1cc(C2=CO[C@H](c3cc(Cl)cc(Cl)c3)C2)ccc1-n1cncn1. The zero-order valence-corrected chi connectivity index (χ0v) is 14.9. The summed E-state index contributed by atoms with van der Waals surface area (Å²) in [7, 11) is 0. The summed E-state index contributed by atoms with van der Waals surface area (Å²) in [4.78, 5) is 3.92. The molecule has 0 saturated heterocycles. The van der Waals surface area contributed by atoms with Crippen molar-refractivity contribution in [1.29, 1.82) is 5.26 Å². The van der Waals surface area contributed by atoms with Gasteiger partial charge in [-0.3, -0.25) is 0 Å². The third-order valence-corrected chi connectivity index (χ3v) is 4.63. The highest BCUT2D eigenvalue weighted by molar-refractivity contribution is 6.34. The molecule has 0 N–H and O–H groups in total. The number of hydrogen-bond acceptors (Lipinski definition) is 4. The molecule has 0 amide bonds. The zero-order chi connectivity index (χ0) is 18.1. The van der Waals surface area contributed by atoms with Gasteiger partial charge in [0.15, 0.2) is 0 Å². The summed E-state index contributed by atoms with van der Waals surface area (Å²) >= 11 is 12.2. The molecule has 0 fully saturated rings. The maximum atomic E-state index is 9.48. The summed E-state index contributed by atoms with van der Waals surface area (Å²) in [6.45, 7) is 0. The van der Waals surface area contributed by atoms with Crippen LogP contribution in [0.2, 0.25) is 10.0 Å². The Balaban J connectivity index is 1.60. The van der Waals surface area contributed by atoms with E-state index in [4.69, 9.17) is 27.9 Å². The van der Waals surface area contributed by atoms with Crippen molar-refractivity contribution in [2.24, 2.45) is 0 Å². The number of benzene rings is 2. The first-order valence-corrected chi connectivity index (χ1v) is 8.59. The lowest BCUT2D eigenvalue weighted by atomic mass is 9.97. The van der Waals surface area contributed by atoms with E-state index in [-0.39, 0.29) is 6.10 Å². The standard InChI is InChI=1S/C19H12Cl2N4O/c20-16-4-13(5-17(21)7-16)19-6-15(9-26-19)12-1-2-18(14(3-12)8-22)25-11-23-10-24-25/h1-5,7,9-11,19H,6H2/t19-/m0/s1. The van der Waals surface area contributed by atoms with Crippen LogP contribution in [0.5, 0.6) is 0 Å². The molecule has 3 aromatic rings. The van der Waals surface area contributed by atoms with Gasteiger partial charge in [-0.15, -0.1) is 0 Å². The highest BCUT2D eigenvalue weighted by Gasteiger charge is 2.23. The van der Waals surface area contributed by atoms with Gasteiger partial charge in [-0.2, -0.15) is 10.4 Å². The molecule has 1 aromatic heterocycles. The van der Waals surface area contributed by atoms with Gasteiger partial charge < -0.3 is 4.74 Å². The van der Waals surface area contributed by atoms with Crippen LogP contribution in [0.3, 0.4) is 0 Å². The van der Waals surface area contributed by atoms with Gasteiger partial charge in [0.05, 0.1) is 17.5 Å². The summed E-state index contributed by atoms with van der Waals surface area (Å²) in [6, 6.07) is 13.2. The fourth-order valence-corrected chi connectivity index (χ4v) is 3.50. The summed E-state index contributed by atoms with van der Waals surface area (Å²) in [5.74, 6) is 0. The number of aromatic nitrogens is 3. The fraction of sp³-hybridized carbons (Fsp3) is 0.105. The first-order chi connectivity index (χ1) is 12.6. The molecule has 0 unspecified atom stereocenters. The van der Waals surface area contributed by atoms with E-state index in [1.807, 2.05) is 30.3 Å². The lowest BCUT2D eigenvalue weighted by molar-refractivity contribution is 0.173. The maximum Gasteiger partial charge on any atom is 0.138 e. The topological polar surface area (TPSA) is 63.7 Å². The molecule has 0 bridgehead atoms. The van der Waals surface area contributed by atoms with Crippen molar-refractivity contribution in [3.05, 3.63) is 82.1 Å². The molecule has 1 atom stereocenters. The Hall–Kier alpha value is -2.81. The van der Waals surface area contributed by atoms with E-state index < -0.39 is 0 Å². The highest BCUT2D eigenvalue weighted by Crippen LogP contribution is 2.38. The quantitative estimate of drug-likeness (QED) is 0.642. The van der Waals surface area contributed by atoms with Gasteiger partial charge in [0, 0.05) is 16.5 Å². The molecular formula is C19H12Cl2N4O. The van der Waals surface area contributed by atoms with Crippen LogP contribution in [0.15, 0.2) is 55.3 Å². The summed E-state index contributed by atoms with van der Waals surface area (Å²) in [6.07, 6.45) is 5.24. The lowest BCUT2D eigenvalue weighted by Gasteiger charge is -2.12. The Kier molecular flexibility index (Phi) is 4.37. The highest BCUT2D eigenvalue weighted by atomic mass is 35.5. The fourth-order valence-electron chi connectivity index (χ4n) is 2.96. The zero-order valence-electron chi connectivity index (χ0n) is 13.4. The molecule has 4 rings (SSSR count). The molecule has 0 radical (unpaired) electrons. The van der Waals surface area contributed by atoms with Gasteiger partial charge in [-0.05, 0) is 47.0 Å². The minimum Gasteiger partial charge on any atom is -0.493 e. The van der Waals surface area contributed by atoms with Gasteiger partial charge in [0.25, 0.3) is 0 Å². The Bertz CT molecular complexity index is 1020. The van der Waals surface area contributed by atoms with Gasteiger partial charge in [-0.25, -0.2) is 9.67 Å². The maximum absolute atomic E-state index is 9.48. The number of ether oxygens (including phenoxy) is 1. The van der Waals surface area contributed by atoms with Crippen LogP contribution < -0.4 is 0 Å². The molecule has 1 aliphatic heterocycles. The van der Waals surface area contributed by atoms with E-state index in [0.29, 0.717) is 27.7 Å². The van der Waals surface area contributed by atoms with Crippen molar-refractivity contribution in [3.8, 4) is 11.8 Å². The lowest BCUT2D eigenvalue weighted by Crippen LogP contribution is -1.99. The molecule has 0 aliphatic carbocycles. The number of hydrogen-bond donors (Lipinski definition) is 0. The second-order valence-electron chi connectivity index (χ2n) is 5.86. The molecule has 0 saturated carbocycles. The van der Waals surface area contributed by atoms with Crippen LogP contribution in [0.1, 0.15) is 29.2 Å². The van der Waals surface area contributed by atoms with E-state index in [9.17, 15) is 5.26 Å². The van der Waals surface area contributed by atoms with E-state index in [1.165, 1.54) is 6.33 Å². The number of rotatable bonds is 3. The minimum absolute atomic E-state index is 0.151. The van der Waals surface area contributed by atoms with E-state index in [1.54, 1.807) is 23.3 Å². The van der Waals surface area contributed by atoms with Gasteiger partial charge in [0.1, 0.15) is 24.8 Å². The molecule has 0 spiro atoms. The third-order valence-electron chi connectivity index (χ3n) is 4.19. The second kappa shape index (κ2) is 6.83. The van der Waals surface area contributed by atoms with Gasteiger partial charge in [-0.1, -0.05) is 29.3 Å². The third kappa shape index (κ3) is 3.17. The Morgan fingerprint density at radius 3 is 2.65 bits per heavy atom. The van der Waals surface area contributed by atoms with Crippen LogP contribution >= 0.6 is 23.2 Å². The predicted molar refractivity (Wildman–Crippen MR) is 99.0 cm³/mol. The van der Waals surface area contributed by atoms with Crippen LogP contribution in [-0.4, -0.2) is 14.8 Å². The molecule has 5 nitrogen and oxygen atoms in total. The first kappa shape index (κ1) is 16.6. The molecule has 1 aliphatic rings. The molecule has 26 heavy (non-hydrogen) atoms. The average Bonchev–Trinajstić information content (AvgIpc) is 3.32. The van der Waals surface area contributed by atoms with Crippen LogP contribution in [-0.2, 0) is 4.74 Å². The van der Waals surface area contributed by atoms with Crippen LogP contribution in [0.4, 0.5) is 0 Å². The number of nitrogens with zero attached hydrogens (tertiary/aromatic N) is 4. The van der Waals surface area contributed by atoms with Crippen molar-refractivity contribution < 1.29 is 4.74 Å². The van der Waals surface area contributed by atoms with Crippen molar-refractivity contribution in [2.45, 2.75) is 12.5 Å². The van der Waals surface area contributed by atoms with E-state index in [2.05, 4.69) is 16.2 Å².